The van der Waals surface area contributed by atoms with Gasteiger partial charge < -0.3 is 4.79 Å². The molecule has 5 nitrogen and oxygen atoms in total. The Morgan fingerprint density at radius 3 is 2.36 bits per heavy atom. The lowest BCUT2D eigenvalue weighted by atomic mass is 9.90. The molecule has 0 radical (unpaired) electrons. The molecule has 11 heavy (non-hydrogen) atoms. The van der Waals surface area contributed by atoms with Gasteiger partial charge in [-0.2, -0.15) is 0 Å². The van der Waals surface area contributed by atoms with Crippen molar-refractivity contribution in [3.05, 3.63) is 10.1 Å². The zero-order valence-corrected chi connectivity index (χ0v) is 6.36. The van der Waals surface area contributed by atoms with Crippen molar-refractivity contribution < 1.29 is 14.5 Å². The summed E-state index contributed by atoms with van der Waals surface area (Å²) >= 11 is 0. The molecule has 0 aliphatic carbocycles. The van der Waals surface area contributed by atoms with Gasteiger partial charge in [0.05, 0.1) is 5.41 Å². The number of hydrogen-bond donors (Lipinski definition) is 0. The molecular formula is C6H9NO4. The summed E-state index contributed by atoms with van der Waals surface area (Å²) < 4.78 is 0. The molecule has 0 heterocycles. The molecule has 0 unspecified atom stereocenters. The predicted octanol–water partition coefficient (Wildman–Crippen LogP) is 0.0573. The van der Waals surface area contributed by atoms with Gasteiger partial charge in [-0.05, 0) is 13.8 Å². The first-order valence-corrected chi connectivity index (χ1v) is 3.01. The van der Waals surface area contributed by atoms with E-state index in [1.165, 1.54) is 13.8 Å². The Balaban J connectivity index is 4.24. The largest absolute Gasteiger partial charge is 0.302 e. The molecule has 0 saturated carbocycles. The highest BCUT2D eigenvalue weighted by atomic mass is 16.6. The highest BCUT2D eigenvalue weighted by Gasteiger charge is 2.30. The third-order valence-corrected chi connectivity index (χ3v) is 1.29. The van der Waals surface area contributed by atoms with Crippen LogP contribution in [-0.2, 0) is 9.59 Å². The maximum Gasteiger partial charge on any atom is 0.262 e. The molecule has 0 atom stereocenters. The van der Waals surface area contributed by atoms with E-state index in [0.717, 1.165) is 0 Å². The molecule has 0 rings (SSSR count). The van der Waals surface area contributed by atoms with Crippen molar-refractivity contribution in [2.24, 2.45) is 5.41 Å². The molecule has 0 spiro atoms. The number of Topliss-reactive ketones (excluding diaryl/α,β-unsaturated/α-hetero) is 1. The van der Waals surface area contributed by atoms with E-state index in [2.05, 4.69) is 0 Å². The van der Waals surface area contributed by atoms with E-state index in [4.69, 9.17) is 0 Å². The fraction of sp³-hybridized carbons (Fsp3) is 0.667. The lowest BCUT2D eigenvalue weighted by Gasteiger charge is -2.10. The molecule has 0 amide bonds. The smallest absolute Gasteiger partial charge is 0.262 e. The third kappa shape index (κ3) is 2.88. The Morgan fingerprint density at radius 1 is 1.64 bits per heavy atom. The first kappa shape index (κ1) is 9.74. The summed E-state index contributed by atoms with van der Waals surface area (Å²) in [6, 6.07) is 0. The lowest BCUT2D eigenvalue weighted by Crippen LogP contribution is -2.31. The van der Waals surface area contributed by atoms with Gasteiger partial charge >= 0.3 is 0 Å². The molecule has 62 valence electrons. The second-order valence-corrected chi connectivity index (χ2v) is 2.75. The molecule has 0 N–H and O–H groups in total. The Hall–Kier alpha value is -1.26. The van der Waals surface area contributed by atoms with Gasteiger partial charge in [0.1, 0.15) is 6.29 Å². The van der Waals surface area contributed by atoms with E-state index < -0.39 is 22.7 Å². The zero-order valence-electron chi connectivity index (χ0n) is 6.36. The average Bonchev–Trinajstić information content (AvgIpc) is 1.86. The Bertz CT molecular complexity index is 197. The van der Waals surface area contributed by atoms with E-state index in [0.29, 0.717) is 6.29 Å². The van der Waals surface area contributed by atoms with Crippen molar-refractivity contribution in [1.82, 2.24) is 0 Å². The van der Waals surface area contributed by atoms with Gasteiger partial charge in [0.2, 0.25) is 5.78 Å². The van der Waals surface area contributed by atoms with E-state index in [-0.39, 0.29) is 0 Å². The molecule has 0 aromatic carbocycles. The first-order valence-electron chi connectivity index (χ1n) is 3.01. The van der Waals surface area contributed by atoms with Gasteiger partial charge in [-0.25, -0.2) is 0 Å². The van der Waals surface area contributed by atoms with E-state index in [1.807, 2.05) is 0 Å². The molecule has 0 bridgehead atoms. The summed E-state index contributed by atoms with van der Waals surface area (Å²) in [6.07, 6.45) is 0.416. The minimum atomic E-state index is -1.23. The number of carbonyl (C=O) groups is 2. The lowest BCUT2D eigenvalue weighted by molar-refractivity contribution is -0.468. The molecule has 0 aromatic rings. The first-order chi connectivity index (χ1) is 4.90. The van der Waals surface area contributed by atoms with Crippen molar-refractivity contribution in [2.45, 2.75) is 13.8 Å². The summed E-state index contributed by atoms with van der Waals surface area (Å²) in [6.45, 7) is 1.92. The number of carbonyl (C=O) groups excluding carboxylic acids is 2. The SMILES string of the molecule is CC(C)(C=O)C(=O)C[N+](=O)[O-]. The number of nitrogens with zero attached hydrogens (tertiary/aromatic N) is 1. The second kappa shape index (κ2) is 3.23. The topological polar surface area (TPSA) is 77.3 Å². The van der Waals surface area contributed by atoms with E-state index >= 15 is 0 Å². The summed E-state index contributed by atoms with van der Waals surface area (Å²) in [5.74, 6) is -0.669. The van der Waals surface area contributed by atoms with Crippen molar-refractivity contribution in [1.29, 1.82) is 0 Å². The molecule has 0 aromatic heterocycles. The molecule has 0 aliphatic rings. The number of aldehydes is 1. The van der Waals surface area contributed by atoms with Crippen molar-refractivity contribution in [2.75, 3.05) is 6.54 Å². The minimum Gasteiger partial charge on any atom is -0.302 e. The van der Waals surface area contributed by atoms with Gasteiger partial charge in [-0.15, -0.1) is 0 Å². The van der Waals surface area contributed by atoms with Crippen LogP contribution in [0.1, 0.15) is 13.8 Å². The van der Waals surface area contributed by atoms with Crippen LogP contribution in [0.2, 0.25) is 0 Å². The number of nitro groups is 1. The van der Waals surface area contributed by atoms with Gasteiger partial charge in [0.25, 0.3) is 6.54 Å². The van der Waals surface area contributed by atoms with Crippen LogP contribution in [0.4, 0.5) is 0 Å². The normalized spacial score (nSPS) is 10.7. The van der Waals surface area contributed by atoms with Gasteiger partial charge in [-0.1, -0.05) is 0 Å². The molecule has 0 aliphatic heterocycles. The van der Waals surface area contributed by atoms with Crippen LogP contribution >= 0.6 is 0 Å². The fourth-order valence-corrected chi connectivity index (χ4v) is 0.387. The third-order valence-electron chi connectivity index (χ3n) is 1.29. The van der Waals surface area contributed by atoms with Crippen LogP contribution in [0.15, 0.2) is 0 Å². The van der Waals surface area contributed by atoms with Crippen LogP contribution in [0.3, 0.4) is 0 Å². The van der Waals surface area contributed by atoms with E-state index in [1.54, 1.807) is 0 Å². The van der Waals surface area contributed by atoms with Crippen LogP contribution in [-0.4, -0.2) is 23.5 Å². The molecule has 0 fully saturated rings. The molecule has 5 heteroatoms. The second-order valence-electron chi connectivity index (χ2n) is 2.75. The molecular weight excluding hydrogens is 150 g/mol. The average molecular weight is 159 g/mol. The number of rotatable bonds is 4. The fourth-order valence-electron chi connectivity index (χ4n) is 0.387. The highest BCUT2D eigenvalue weighted by molar-refractivity contribution is 5.97. The Morgan fingerprint density at radius 2 is 2.09 bits per heavy atom. The van der Waals surface area contributed by atoms with Crippen LogP contribution in [0.25, 0.3) is 0 Å². The van der Waals surface area contributed by atoms with Gasteiger partial charge in [-0.3, -0.25) is 14.9 Å². The summed E-state index contributed by atoms with van der Waals surface area (Å²) in [5, 5.41) is 9.84. The minimum absolute atomic E-state index is 0.416. The monoisotopic (exact) mass is 159 g/mol. The predicted molar refractivity (Wildman–Crippen MR) is 36.7 cm³/mol. The summed E-state index contributed by atoms with van der Waals surface area (Å²) in [5.41, 5.74) is -1.23. The van der Waals surface area contributed by atoms with Gasteiger partial charge in [0, 0.05) is 4.92 Å². The standard InChI is InChI=1S/C6H9NO4/c1-6(2,4-8)5(9)3-7(10)11/h4H,3H2,1-2H3. The zero-order chi connectivity index (χ0) is 9.07. The Kier molecular flexibility index (Phi) is 2.86. The summed E-state index contributed by atoms with van der Waals surface area (Å²) in [4.78, 5) is 30.1. The highest BCUT2D eigenvalue weighted by Crippen LogP contribution is 2.11. The Labute approximate surface area is 63.5 Å². The molecule has 0 saturated heterocycles. The summed E-state index contributed by atoms with van der Waals surface area (Å²) in [7, 11) is 0. The van der Waals surface area contributed by atoms with Crippen LogP contribution in [0, 0.1) is 15.5 Å². The number of hydrogen-bond acceptors (Lipinski definition) is 4. The quantitative estimate of drug-likeness (QED) is 0.251. The van der Waals surface area contributed by atoms with Crippen molar-refractivity contribution in [3.8, 4) is 0 Å². The van der Waals surface area contributed by atoms with Gasteiger partial charge in [0.15, 0.2) is 0 Å². The van der Waals surface area contributed by atoms with Crippen molar-refractivity contribution in [3.63, 3.8) is 0 Å². The number of ketones is 1. The van der Waals surface area contributed by atoms with Crippen LogP contribution < -0.4 is 0 Å². The van der Waals surface area contributed by atoms with E-state index in [9.17, 15) is 19.7 Å². The van der Waals surface area contributed by atoms with Crippen molar-refractivity contribution >= 4 is 12.1 Å². The van der Waals surface area contributed by atoms with Crippen LogP contribution in [0.5, 0.6) is 0 Å². The maximum absolute atomic E-state index is 10.8. The maximum atomic E-state index is 10.8.